The average Bonchev–Trinajstić information content (AvgIpc) is 2.94. The highest BCUT2D eigenvalue weighted by Crippen LogP contribution is 2.52. The van der Waals surface area contributed by atoms with E-state index < -0.39 is 11.0 Å². The van der Waals surface area contributed by atoms with E-state index in [1.807, 2.05) is 0 Å². The molecule has 3 aromatic carbocycles. The summed E-state index contributed by atoms with van der Waals surface area (Å²) in [6, 6.07) is 25.9. The quantitative estimate of drug-likeness (QED) is 0.589. The molecule has 0 aliphatic heterocycles. The van der Waals surface area contributed by atoms with E-state index in [1.54, 1.807) is 72.8 Å². The molecule has 0 bridgehead atoms. The van der Waals surface area contributed by atoms with Crippen molar-refractivity contribution in [3.63, 3.8) is 0 Å². The van der Waals surface area contributed by atoms with E-state index in [2.05, 4.69) is 28.1 Å². The second kappa shape index (κ2) is 6.97. The van der Waals surface area contributed by atoms with Gasteiger partial charge in [0.2, 0.25) is 5.60 Å². The molecule has 1 aliphatic carbocycles. The van der Waals surface area contributed by atoms with E-state index in [1.165, 1.54) is 7.11 Å². The van der Waals surface area contributed by atoms with Crippen molar-refractivity contribution in [1.82, 2.24) is 0 Å². The van der Waals surface area contributed by atoms with Crippen LogP contribution in [0.25, 0.3) is 0 Å². The number of methoxy groups -OCH3 is 1. The molecule has 1 aliphatic rings. The highest BCUT2D eigenvalue weighted by atomic mass is 79.9. The molecule has 4 rings (SSSR count). The Morgan fingerprint density at radius 1 is 0.759 bits per heavy atom. The van der Waals surface area contributed by atoms with Gasteiger partial charge in [0.15, 0.2) is 5.43 Å². The molecule has 4 nitrogen and oxygen atoms in total. The third-order valence-corrected chi connectivity index (χ3v) is 6.16. The highest BCUT2D eigenvalue weighted by molar-refractivity contribution is 9.10. The Balaban J connectivity index is 2.28. The van der Waals surface area contributed by atoms with Gasteiger partial charge in [0.05, 0.1) is 10.5 Å². The minimum absolute atomic E-state index is 0.275. The maximum atomic E-state index is 13.3. The standard InChI is InChI=1S/C24H15BrN2O2/c1-29-24(15-27)18-10-4-2-8-16(18)23(14-26,17-9-3-5-11-19(17)24)20-12-6-7-13-21(25)22(20)28/h2-13H,1H3. The van der Waals surface area contributed by atoms with Gasteiger partial charge in [0, 0.05) is 23.8 Å². The Morgan fingerprint density at radius 3 is 1.66 bits per heavy atom. The molecule has 0 unspecified atom stereocenters. The lowest BCUT2D eigenvalue weighted by atomic mass is 9.60. The summed E-state index contributed by atoms with van der Waals surface area (Å²) >= 11 is 3.33. The van der Waals surface area contributed by atoms with Gasteiger partial charge in [-0.2, -0.15) is 10.5 Å². The molecule has 0 atom stereocenters. The van der Waals surface area contributed by atoms with Gasteiger partial charge in [-0.25, -0.2) is 0 Å². The molecule has 0 saturated carbocycles. The Morgan fingerprint density at radius 2 is 1.21 bits per heavy atom. The van der Waals surface area contributed by atoms with Crippen molar-refractivity contribution in [2.75, 3.05) is 7.11 Å². The summed E-state index contributed by atoms with van der Waals surface area (Å²) in [4.78, 5) is 13.3. The Labute approximate surface area is 176 Å². The Bertz CT molecular complexity index is 1220. The van der Waals surface area contributed by atoms with Gasteiger partial charge in [0.25, 0.3) is 0 Å². The van der Waals surface area contributed by atoms with Crippen LogP contribution in [0, 0.1) is 22.7 Å². The van der Waals surface area contributed by atoms with Gasteiger partial charge >= 0.3 is 0 Å². The zero-order chi connectivity index (χ0) is 20.6. The van der Waals surface area contributed by atoms with Crippen LogP contribution in [0.15, 0.2) is 82.1 Å². The van der Waals surface area contributed by atoms with E-state index in [0.29, 0.717) is 32.3 Å². The predicted octanol–water partition coefficient (Wildman–Crippen LogP) is 4.39. The SMILES string of the molecule is COC1(C#N)c2ccccc2C(C#N)(c2ccccc(Br)c2=O)c2ccccc21. The third kappa shape index (κ3) is 2.42. The summed E-state index contributed by atoms with van der Waals surface area (Å²) in [6.07, 6.45) is 0. The molecule has 0 N–H and O–H groups in total. The van der Waals surface area contributed by atoms with Crippen LogP contribution in [0.5, 0.6) is 0 Å². The van der Waals surface area contributed by atoms with Gasteiger partial charge < -0.3 is 4.74 Å². The molecular weight excluding hydrogens is 428 g/mol. The van der Waals surface area contributed by atoms with E-state index in [4.69, 9.17) is 4.74 Å². The molecule has 5 heteroatoms. The molecule has 0 heterocycles. The number of hydrogen-bond acceptors (Lipinski definition) is 4. The van der Waals surface area contributed by atoms with Gasteiger partial charge in [-0.1, -0.05) is 66.7 Å². The van der Waals surface area contributed by atoms with Crippen LogP contribution >= 0.6 is 15.9 Å². The number of nitriles is 2. The lowest BCUT2D eigenvalue weighted by Gasteiger charge is -2.42. The number of ether oxygens (including phenoxy) is 1. The van der Waals surface area contributed by atoms with Crippen molar-refractivity contribution < 1.29 is 4.74 Å². The fourth-order valence-corrected chi connectivity index (χ4v) is 4.61. The van der Waals surface area contributed by atoms with E-state index >= 15 is 0 Å². The van der Waals surface area contributed by atoms with Crippen molar-refractivity contribution in [3.8, 4) is 12.1 Å². The van der Waals surface area contributed by atoms with Crippen LogP contribution in [-0.2, 0) is 15.8 Å². The zero-order valence-electron chi connectivity index (χ0n) is 15.5. The van der Waals surface area contributed by atoms with Crippen molar-refractivity contribution in [2.24, 2.45) is 0 Å². The van der Waals surface area contributed by atoms with E-state index in [0.717, 1.165) is 0 Å². The van der Waals surface area contributed by atoms with Crippen LogP contribution in [0.3, 0.4) is 0 Å². The average molecular weight is 443 g/mol. The number of rotatable bonds is 2. The Kier molecular flexibility index (Phi) is 4.59. The third-order valence-electron chi connectivity index (χ3n) is 5.53. The van der Waals surface area contributed by atoms with E-state index in [9.17, 15) is 15.3 Å². The smallest absolute Gasteiger partial charge is 0.205 e. The van der Waals surface area contributed by atoms with Crippen molar-refractivity contribution >= 4 is 15.9 Å². The maximum Gasteiger partial charge on any atom is 0.205 e. The number of halogens is 1. The summed E-state index contributed by atoms with van der Waals surface area (Å²) < 4.78 is 6.14. The number of nitrogens with zero attached hydrogens (tertiary/aromatic N) is 2. The van der Waals surface area contributed by atoms with Crippen molar-refractivity contribution in [1.29, 1.82) is 10.5 Å². The first-order chi connectivity index (χ1) is 14.1. The summed E-state index contributed by atoms with van der Waals surface area (Å²) in [5, 5.41) is 20.7. The van der Waals surface area contributed by atoms with Gasteiger partial charge in [-0.15, -0.1) is 0 Å². The molecule has 0 fully saturated rings. The normalized spacial score (nSPS) is 21.9. The first kappa shape index (κ1) is 19.1. The van der Waals surface area contributed by atoms with Crippen molar-refractivity contribution in [3.05, 3.63) is 115 Å². The number of hydrogen-bond donors (Lipinski definition) is 0. The van der Waals surface area contributed by atoms with Gasteiger partial charge in [-0.05, 0) is 33.1 Å². The van der Waals surface area contributed by atoms with Crippen LogP contribution in [0.1, 0.15) is 27.8 Å². The molecule has 0 saturated heterocycles. The molecule has 0 aromatic heterocycles. The van der Waals surface area contributed by atoms with Gasteiger partial charge in [0.1, 0.15) is 11.5 Å². The fraction of sp³-hybridized carbons (Fsp3) is 0.125. The maximum absolute atomic E-state index is 13.3. The topological polar surface area (TPSA) is 73.9 Å². The largest absolute Gasteiger partial charge is 0.355 e. The van der Waals surface area contributed by atoms with Crippen molar-refractivity contribution in [2.45, 2.75) is 11.0 Å². The van der Waals surface area contributed by atoms with Crippen LogP contribution in [-0.4, -0.2) is 7.11 Å². The summed E-state index contributed by atoms with van der Waals surface area (Å²) in [5.74, 6) is 0. The number of benzene rings is 2. The Hall–Kier alpha value is -3.25. The first-order valence-corrected chi connectivity index (χ1v) is 9.73. The fourth-order valence-electron chi connectivity index (χ4n) is 4.25. The second-order valence-electron chi connectivity index (χ2n) is 6.76. The van der Waals surface area contributed by atoms with Gasteiger partial charge in [-0.3, -0.25) is 4.79 Å². The molecule has 3 aromatic rings. The molecular formula is C24H15BrN2O2. The molecule has 0 amide bonds. The highest BCUT2D eigenvalue weighted by Gasteiger charge is 2.53. The van der Waals surface area contributed by atoms with E-state index in [-0.39, 0.29) is 5.43 Å². The first-order valence-electron chi connectivity index (χ1n) is 8.93. The minimum Gasteiger partial charge on any atom is -0.355 e. The molecule has 140 valence electrons. The lowest BCUT2D eigenvalue weighted by Crippen LogP contribution is -2.44. The number of fused-ring (bicyclic) bond motifs is 2. The summed E-state index contributed by atoms with van der Waals surface area (Å²) in [5.41, 5.74) is -0.447. The van der Waals surface area contributed by atoms with Crippen LogP contribution in [0.4, 0.5) is 0 Å². The van der Waals surface area contributed by atoms with Crippen LogP contribution < -0.4 is 5.43 Å². The predicted molar refractivity (Wildman–Crippen MR) is 112 cm³/mol. The summed E-state index contributed by atoms with van der Waals surface area (Å²) in [6.45, 7) is 0. The monoisotopic (exact) mass is 442 g/mol. The molecule has 0 radical (unpaired) electrons. The van der Waals surface area contributed by atoms with Crippen LogP contribution in [0.2, 0.25) is 0 Å². The summed E-state index contributed by atoms with van der Waals surface area (Å²) in [7, 11) is 1.48. The second-order valence-corrected chi connectivity index (χ2v) is 7.61. The lowest BCUT2D eigenvalue weighted by molar-refractivity contribution is 0.0673. The zero-order valence-corrected chi connectivity index (χ0v) is 17.1. The minimum atomic E-state index is -1.38. The molecule has 29 heavy (non-hydrogen) atoms. The molecule has 0 spiro atoms.